The average Bonchev–Trinajstić information content (AvgIpc) is 3.08. The number of methoxy groups -OCH3 is 1. The Hall–Kier alpha value is -2.69. The van der Waals surface area contributed by atoms with Gasteiger partial charge in [0.05, 0.1) is 7.11 Å². The maximum Gasteiger partial charge on any atom is 0.251 e. The largest absolute Gasteiger partial charge is 0.493 e. The summed E-state index contributed by atoms with van der Waals surface area (Å²) >= 11 is 0. The normalized spacial score (nSPS) is 21.3. The van der Waals surface area contributed by atoms with Gasteiger partial charge in [-0.1, -0.05) is 18.2 Å². The Bertz CT molecular complexity index is 822. The smallest absolute Gasteiger partial charge is 0.251 e. The molecule has 5 heteroatoms. The predicted octanol–water partition coefficient (Wildman–Crippen LogP) is 3.42. The number of piperidine rings is 1. The van der Waals surface area contributed by atoms with Crippen LogP contribution < -0.4 is 19.7 Å². The molecule has 2 aliphatic rings. The number of carbonyl (C=O) groups excluding carboxylic acids is 1. The molecule has 1 amide bonds. The molecule has 0 aliphatic carbocycles. The number of hydrogen-bond acceptors (Lipinski definition) is 4. The minimum absolute atomic E-state index is 0.0458. The van der Waals surface area contributed by atoms with E-state index >= 15 is 0 Å². The lowest BCUT2D eigenvalue weighted by Gasteiger charge is -2.34. The molecule has 27 heavy (non-hydrogen) atoms. The van der Waals surface area contributed by atoms with Gasteiger partial charge in [0.1, 0.15) is 6.10 Å². The van der Waals surface area contributed by atoms with E-state index in [-0.39, 0.29) is 18.1 Å². The van der Waals surface area contributed by atoms with Crippen LogP contribution in [0, 0.1) is 0 Å². The molecular formula is C22H26N2O3. The summed E-state index contributed by atoms with van der Waals surface area (Å²) in [5.41, 5.74) is 2.89. The minimum Gasteiger partial charge on any atom is -0.493 e. The van der Waals surface area contributed by atoms with Crippen molar-refractivity contribution in [3.05, 3.63) is 53.6 Å². The summed E-state index contributed by atoms with van der Waals surface area (Å²) in [4.78, 5) is 15.2. The van der Waals surface area contributed by atoms with Gasteiger partial charge in [0.25, 0.3) is 5.91 Å². The molecule has 2 heterocycles. The molecule has 2 unspecified atom stereocenters. The first-order chi connectivity index (χ1) is 13.1. The lowest BCUT2D eigenvalue weighted by atomic mass is 10.0. The quantitative estimate of drug-likeness (QED) is 0.901. The second kappa shape index (κ2) is 7.51. The molecule has 1 saturated heterocycles. The molecule has 0 spiro atoms. The highest BCUT2D eigenvalue weighted by atomic mass is 16.5. The Morgan fingerprint density at radius 3 is 2.85 bits per heavy atom. The van der Waals surface area contributed by atoms with Gasteiger partial charge in [0.15, 0.2) is 11.5 Å². The van der Waals surface area contributed by atoms with Crippen molar-refractivity contribution in [2.45, 2.75) is 38.3 Å². The van der Waals surface area contributed by atoms with E-state index in [9.17, 15) is 4.79 Å². The molecule has 1 fully saturated rings. The SMILES string of the molecule is COc1cc(C(=O)NC2CCCN(c3ccccc3)C2)cc2c1OC(C)C2. The van der Waals surface area contributed by atoms with Gasteiger partial charge in [-0.3, -0.25) is 4.79 Å². The number of hydrogen-bond donors (Lipinski definition) is 1. The maximum atomic E-state index is 12.9. The van der Waals surface area contributed by atoms with Gasteiger partial charge in [0, 0.05) is 42.4 Å². The number of carbonyl (C=O) groups is 1. The zero-order chi connectivity index (χ0) is 18.8. The summed E-state index contributed by atoms with van der Waals surface area (Å²) in [6.07, 6.45) is 2.98. The van der Waals surface area contributed by atoms with Gasteiger partial charge < -0.3 is 19.7 Å². The fourth-order valence-corrected chi connectivity index (χ4v) is 4.02. The third-order valence-corrected chi connectivity index (χ3v) is 5.32. The first kappa shape index (κ1) is 17.7. The lowest BCUT2D eigenvalue weighted by Crippen LogP contribution is -2.47. The molecule has 0 saturated carbocycles. The standard InChI is InChI=1S/C22H26N2O3/c1-15-11-16-12-17(13-20(26-2)21(16)27-15)22(25)23-18-7-6-10-24(14-18)19-8-4-3-5-9-19/h3-5,8-9,12-13,15,18H,6-7,10-11,14H2,1-2H3,(H,23,25). The number of nitrogens with zero attached hydrogens (tertiary/aromatic N) is 1. The zero-order valence-corrected chi connectivity index (χ0v) is 15.9. The van der Waals surface area contributed by atoms with Crippen molar-refractivity contribution in [1.29, 1.82) is 0 Å². The molecule has 0 bridgehead atoms. The van der Waals surface area contributed by atoms with Crippen LogP contribution in [0.15, 0.2) is 42.5 Å². The first-order valence-corrected chi connectivity index (χ1v) is 9.62. The number of benzene rings is 2. The summed E-state index contributed by atoms with van der Waals surface area (Å²) in [6.45, 7) is 3.88. The van der Waals surface area contributed by atoms with Crippen LogP contribution in [0.25, 0.3) is 0 Å². The first-order valence-electron chi connectivity index (χ1n) is 9.62. The van der Waals surface area contributed by atoms with Crippen molar-refractivity contribution in [1.82, 2.24) is 5.32 Å². The van der Waals surface area contributed by atoms with Crippen LogP contribution in [0.2, 0.25) is 0 Å². The molecule has 2 atom stereocenters. The summed E-state index contributed by atoms with van der Waals surface area (Å²) in [5.74, 6) is 1.36. The Balaban J connectivity index is 1.47. The molecule has 142 valence electrons. The van der Waals surface area contributed by atoms with Crippen LogP contribution in [0.5, 0.6) is 11.5 Å². The monoisotopic (exact) mass is 366 g/mol. The number of ether oxygens (including phenoxy) is 2. The van der Waals surface area contributed by atoms with Crippen molar-refractivity contribution >= 4 is 11.6 Å². The number of para-hydroxylation sites is 1. The summed E-state index contributed by atoms with van der Waals surface area (Å²) in [7, 11) is 1.61. The number of anilines is 1. The highest BCUT2D eigenvalue weighted by Gasteiger charge is 2.27. The van der Waals surface area contributed by atoms with Gasteiger partial charge >= 0.3 is 0 Å². The van der Waals surface area contributed by atoms with Gasteiger partial charge in [-0.15, -0.1) is 0 Å². The van der Waals surface area contributed by atoms with E-state index in [1.54, 1.807) is 13.2 Å². The average molecular weight is 366 g/mol. The second-order valence-corrected chi connectivity index (χ2v) is 7.39. The van der Waals surface area contributed by atoms with Gasteiger partial charge in [-0.05, 0) is 44.0 Å². The van der Waals surface area contributed by atoms with Crippen LogP contribution in [-0.4, -0.2) is 38.3 Å². The van der Waals surface area contributed by atoms with Crippen LogP contribution in [0.1, 0.15) is 35.7 Å². The van der Waals surface area contributed by atoms with Crippen LogP contribution in [0.4, 0.5) is 5.69 Å². The van der Waals surface area contributed by atoms with Crippen molar-refractivity contribution < 1.29 is 14.3 Å². The highest BCUT2D eigenvalue weighted by Crippen LogP contribution is 2.39. The number of fused-ring (bicyclic) bond motifs is 1. The number of nitrogens with one attached hydrogen (secondary N) is 1. The molecule has 0 aromatic heterocycles. The van der Waals surface area contributed by atoms with E-state index < -0.39 is 0 Å². The van der Waals surface area contributed by atoms with E-state index in [2.05, 4.69) is 34.5 Å². The van der Waals surface area contributed by atoms with Crippen molar-refractivity contribution in [2.75, 3.05) is 25.1 Å². The molecule has 2 aliphatic heterocycles. The Labute approximate surface area is 160 Å². The molecular weight excluding hydrogens is 340 g/mol. The Morgan fingerprint density at radius 1 is 1.26 bits per heavy atom. The second-order valence-electron chi connectivity index (χ2n) is 7.39. The highest BCUT2D eigenvalue weighted by molar-refractivity contribution is 5.95. The minimum atomic E-state index is -0.0458. The van der Waals surface area contributed by atoms with E-state index in [0.717, 1.165) is 43.7 Å². The van der Waals surface area contributed by atoms with E-state index in [4.69, 9.17) is 9.47 Å². The number of amides is 1. The van der Waals surface area contributed by atoms with Crippen LogP contribution in [0.3, 0.4) is 0 Å². The molecule has 0 radical (unpaired) electrons. The summed E-state index contributed by atoms with van der Waals surface area (Å²) < 4.78 is 11.3. The van der Waals surface area contributed by atoms with E-state index in [1.807, 2.05) is 19.1 Å². The van der Waals surface area contributed by atoms with Gasteiger partial charge in [-0.2, -0.15) is 0 Å². The van der Waals surface area contributed by atoms with Crippen molar-refractivity contribution in [3.63, 3.8) is 0 Å². The van der Waals surface area contributed by atoms with E-state index in [1.165, 1.54) is 5.69 Å². The molecule has 2 aromatic carbocycles. The predicted molar refractivity (Wildman–Crippen MR) is 106 cm³/mol. The third-order valence-electron chi connectivity index (χ3n) is 5.32. The van der Waals surface area contributed by atoms with Gasteiger partial charge in [-0.25, -0.2) is 0 Å². The Morgan fingerprint density at radius 2 is 2.07 bits per heavy atom. The van der Waals surface area contributed by atoms with Crippen molar-refractivity contribution in [3.8, 4) is 11.5 Å². The fraction of sp³-hybridized carbons (Fsp3) is 0.409. The third kappa shape index (κ3) is 3.72. The molecule has 2 aromatic rings. The van der Waals surface area contributed by atoms with Crippen LogP contribution >= 0.6 is 0 Å². The molecule has 4 rings (SSSR count). The Kier molecular flexibility index (Phi) is 4.92. The number of rotatable bonds is 4. The van der Waals surface area contributed by atoms with Crippen molar-refractivity contribution in [2.24, 2.45) is 0 Å². The molecule has 1 N–H and O–H groups in total. The zero-order valence-electron chi connectivity index (χ0n) is 15.9. The van der Waals surface area contributed by atoms with Gasteiger partial charge in [0.2, 0.25) is 0 Å². The van der Waals surface area contributed by atoms with E-state index in [0.29, 0.717) is 11.3 Å². The summed E-state index contributed by atoms with van der Waals surface area (Å²) in [6, 6.07) is 14.2. The lowest BCUT2D eigenvalue weighted by molar-refractivity contribution is 0.0932. The fourth-order valence-electron chi connectivity index (χ4n) is 4.02. The maximum absolute atomic E-state index is 12.9. The van der Waals surface area contributed by atoms with Crippen LogP contribution in [-0.2, 0) is 6.42 Å². The topological polar surface area (TPSA) is 50.8 Å². The molecule has 5 nitrogen and oxygen atoms in total. The summed E-state index contributed by atoms with van der Waals surface area (Å²) in [5, 5.41) is 3.21.